The number of nitrogens with one attached hydrogen (secondary N) is 1. The number of allylic oxidation sites excluding steroid dienone is 1. The van der Waals surface area contributed by atoms with E-state index in [1.165, 1.54) is 12.1 Å². The van der Waals surface area contributed by atoms with Gasteiger partial charge in [0.25, 0.3) is 0 Å². The predicted molar refractivity (Wildman–Crippen MR) is 64.6 cm³/mol. The van der Waals surface area contributed by atoms with Crippen LogP contribution >= 0.6 is 0 Å². The highest BCUT2D eigenvalue weighted by atomic mass is 32.2. The van der Waals surface area contributed by atoms with Crippen molar-refractivity contribution in [3.05, 3.63) is 35.9 Å². The molecule has 0 heterocycles. The summed E-state index contributed by atoms with van der Waals surface area (Å²) in [4.78, 5) is 0. The Morgan fingerprint density at radius 2 is 1.78 bits per heavy atom. The second-order valence-electron chi connectivity index (χ2n) is 3.60. The summed E-state index contributed by atoms with van der Waals surface area (Å²) in [7, 11) is -4.41. The molecule has 0 saturated heterocycles. The number of alkyl halides is 3. The van der Waals surface area contributed by atoms with Crippen molar-refractivity contribution in [2.75, 3.05) is 10.5 Å². The number of benzene rings is 1. The highest BCUT2D eigenvalue weighted by Gasteiger charge is 2.35. The van der Waals surface area contributed by atoms with E-state index in [-0.39, 0.29) is 5.69 Å². The van der Waals surface area contributed by atoms with E-state index in [9.17, 15) is 21.6 Å². The van der Waals surface area contributed by atoms with Crippen LogP contribution in [0.25, 0.3) is 6.08 Å². The lowest BCUT2D eigenvalue weighted by Gasteiger charge is -2.10. The van der Waals surface area contributed by atoms with Crippen molar-refractivity contribution in [1.29, 1.82) is 0 Å². The third-order valence-corrected chi connectivity index (χ3v) is 3.15. The highest BCUT2D eigenvalue weighted by molar-refractivity contribution is 7.92. The zero-order valence-electron chi connectivity index (χ0n) is 9.53. The first-order valence-corrected chi connectivity index (χ1v) is 6.67. The Morgan fingerprint density at radius 1 is 1.22 bits per heavy atom. The van der Waals surface area contributed by atoms with E-state index in [1.54, 1.807) is 24.3 Å². The van der Waals surface area contributed by atoms with Crippen molar-refractivity contribution >= 4 is 21.8 Å². The molecule has 18 heavy (non-hydrogen) atoms. The van der Waals surface area contributed by atoms with Gasteiger partial charge in [0.1, 0.15) is 0 Å². The molecular weight excluding hydrogens is 267 g/mol. The first-order valence-electron chi connectivity index (χ1n) is 5.02. The highest BCUT2D eigenvalue weighted by Crippen LogP contribution is 2.19. The van der Waals surface area contributed by atoms with Gasteiger partial charge in [-0.1, -0.05) is 24.3 Å². The Morgan fingerprint density at radius 3 is 2.22 bits per heavy atom. The maximum atomic E-state index is 12.0. The van der Waals surface area contributed by atoms with Gasteiger partial charge in [0.15, 0.2) is 5.75 Å². The Labute approximate surface area is 103 Å². The average molecular weight is 279 g/mol. The first kappa shape index (κ1) is 14.6. The standard InChI is InChI=1S/C11H12F3NO2S/c1-2-3-9-4-6-10(7-5-9)15-18(16,17)8-11(12,13)14/h2-7,15H,8H2,1H3/b3-2+. The van der Waals surface area contributed by atoms with E-state index in [2.05, 4.69) is 0 Å². The summed E-state index contributed by atoms with van der Waals surface area (Å²) in [5.41, 5.74) is 0.934. The molecule has 0 spiro atoms. The van der Waals surface area contributed by atoms with Crippen molar-refractivity contribution in [3.63, 3.8) is 0 Å². The van der Waals surface area contributed by atoms with Gasteiger partial charge in [0.2, 0.25) is 10.0 Å². The minimum absolute atomic E-state index is 0.104. The minimum atomic E-state index is -4.75. The molecule has 0 saturated carbocycles. The van der Waals surface area contributed by atoms with Gasteiger partial charge in [-0.3, -0.25) is 4.72 Å². The molecule has 1 aromatic carbocycles. The van der Waals surface area contributed by atoms with E-state index in [4.69, 9.17) is 0 Å². The fourth-order valence-electron chi connectivity index (χ4n) is 1.29. The molecule has 0 aromatic heterocycles. The molecule has 1 N–H and O–H groups in total. The molecule has 1 rings (SSSR count). The molecule has 0 unspecified atom stereocenters. The van der Waals surface area contributed by atoms with Gasteiger partial charge in [-0.15, -0.1) is 0 Å². The molecule has 0 radical (unpaired) electrons. The minimum Gasteiger partial charge on any atom is -0.283 e. The topological polar surface area (TPSA) is 46.2 Å². The van der Waals surface area contributed by atoms with Crippen LogP contribution in [0.15, 0.2) is 30.3 Å². The summed E-state index contributed by atoms with van der Waals surface area (Å²) in [6.45, 7) is 1.82. The van der Waals surface area contributed by atoms with Crippen LogP contribution in [0.4, 0.5) is 18.9 Å². The second-order valence-corrected chi connectivity index (χ2v) is 5.32. The first-order chi connectivity index (χ1) is 8.22. The van der Waals surface area contributed by atoms with Crippen molar-refractivity contribution < 1.29 is 21.6 Å². The molecule has 0 atom stereocenters. The molecule has 0 amide bonds. The van der Waals surface area contributed by atoms with Crippen LogP contribution in [-0.2, 0) is 10.0 Å². The molecule has 3 nitrogen and oxygen atoms in total. The lowest BCUT2D eigenvalue weighted by molar-refractivity contribution is -0.106. The fourth-order valence-corrected chi connectivity index (χ4v) is 2.28. The fraction of sp³-hybridized carbons (Fsp3) is 0.273. The number of hydrogen-bond acceptors (Lipinski definition) is 2. The molecule has 1 aromatic rings. The van der Waals surface area contributed by atoms with Gasteiger partial charge in [-0.05, 0) is 24.6 Å². The lowest BCUT2D eigenvalue weighted by atomic mass is 10.2. The van der Waals surface area contributed by atoms with Gasteiger partial charge in [-0.25, -0.2) is 8.42 Å². The normalized spacial score (nSPS) is 12.9. The van der Waals surface area contributed by atoms with Crippen LogP contribution in [0, 0.1) is 0 Å². The van der Waals surface area contributed by atoms with E-state index in [0.717, 1.165) is 5.56 Å². The largest absolute Gasteiger partial charge is 0.404 e. The van der Waals surface area contributed by atoms with Crippen LogP contribution in [0.3, 0.4) is 0 Å². The maximum Gasteiger partial charge on any atom is 0.404 e. The second kappa shape index (κ2) is 5.43. The van der Waals surface area contributed by atoms with Crippen LogP contribution in [-0.4, -0.2) is 20.3 Å². The van der Waals surface area contributed by atoms with Gasteiger partial charge >= 0.3 is 6.18 Å². The van der Waals surface area contributed by atoms with Crippen LogP contribution in [0.2, 0.25) is 0 Å². The molecule has 0 aliphatic heterocycles. The quantitative estimate of drug-likeness (QED) is 0.920. The molecule has 7 heteroatoms. The third-order valence-electron chi connectivity index (χ3n) is 1.90. The van der Waals surface area contributed by atoms with Crippen molar-refractivity contribution in [2.45, 2.75) is 13.1 Å². The maximum absolute atomic E-state index is 12.0. The molecule has 0 aliphatic rings. The van der Waals surface area contributed by atoms with Crippen LogP contribution in [0.1, 0.15) is 12.5 Å². The molecule has 0 aliphatic carbocycles. The third kappa shape index (κ3) is 5.22. The molecule has 0 bridgehead atoms. The van der Waals surface area contributed by atoms with Crippen LogP contribution < -0.4 is 4.72 Å². The van der Waals surface area contributed by atoms with E-state index in [0.29, 0.717) is 0 Å². The number of anilines is 1. The molecule has 100 valence electrons. The number of hydrogen-bond donors (Lipinski definition) is 1. The zero-order chi connectivity index (χ0) is 13.8. The Kier molecular flexibility index (Phi) is 4.39. The summed E-state index contributed by atoms with van der Waals surface area (Å²) < 4.78 is 60.2. The van der Waals surface area contributed by atoms with Gasteiger partial charge in [0, 0.05) is 5.69 Å². The average Bonchev–Trinajstić information content (AvgIpc) is 2.17. The lowest BCUT2D eigenvalue weighted by Crippen LogP contribution is -2.27. The van der Waals surface area contributed by atoms with Gasteiger partial charge in [-0.2, -0.15) is 13.2 Å². The monoisotopic (exact) mass is 279 g/mol. The number of rotatable bonds is 4. The number of sulfonamides is 1. The van der Waals surface area contributed by atoms with E-state index in [1.807, 2.05) is 11.6 Å². The SMILES string of the molecule is C/C=C/c1ccc(NS(=O)(=O)CC(F)(F)F)cc1. The van der Waals surface area contributed by atoms with Crippen molar-refractivity contribution in [3.8, 4) is 0 Å². The summed E-state index contributed by atoms with van der Waals surface area (Å²) in [6.07, 6.45) is -1.17. The summed E-state index contributed by atoms with van der Waals surface area (Å²) in [6, 6.07) is 6.02. The Bertz CT molecular complexity index is 518. The van der Waals surface area contributed by atoms with Crippen LogP contribution in [0.5, 0.6) is 0 Å². The van der Waals surface area contributed by atoms with E-state index >= 15 is 0 Å². The zero-order valence-corrected chi connectivity index (χ0v) is 10.3. The summed E-state index contributed by atoms with van der Waals surface area (Å²) in [5, 5.41) is 0. The molecule has 0 fully saturated rings. The summed E-state index contributed by atoms with van der Waals surface area (Å²) >= 11 is 0. The Hall–Kier alpha value is -1.50. The van der Waals surface area contributed by atoms with Crippen molar-refractivity contribution in [2.24, 2.45) is 0 Å². The smallest absolute Gasteiger partial charge is 0.283 e. The molecular formula is C11H12F3NO2S. The van der Waals surface area contributed by atoms with Gasteiger partial charge < -0.3 is 0 Å². The summed E-state index contributed by atoms with van der Waals surface area (Å²) in [5.74, 6) is -1.89. The van der Waals surface area contributed by atoms with E-state index < -0.39 is 22.0 Å². The Balaban J connectivity index is 2.79. The number of halogens is 3. The van der Waals surface area contributed by atoms with Gasteiger partial charge in [0.05, 0.1) is 0 Å². The van der Waals surface area contributed by atoms with Crippen molar-refractivity contribution in [1.82, 2.24) is 0 Å². The predicted octanol–water partition coefficient (Wildman–Crippen LogP) is 3.02.